The van der Waals surface area contributed by atoms with Crippen molar-refractivity contribution in [2.45, 2.75) is 26.3 Å². The Bertz CT molecular complexity index is 658. The molecule has 0 aliphatic rings. The van der Waals surface area contributed by atoms with Crippen molar-refractivity contribution in [1.82, 2.24) is 0 Å². The van der Waals surface area contributed by atoms with Gasteiger partial charge in [-0.3, -0.25) is 10.1 Å². The van der Waals surface area contributed by atoms with Gasteiger partial charge in [-0.05, 0) is 36.6 Å². The van der Waals surface area contributed by atoms with Crippen LogP contribution in [0.25, 0.3) is 0 Å². The van der Waals surface area contributed by atoms with Crippen molar-refractivity contribution in [3.8, 4) is 0 Å². The molecule has 0 amide bonds. The Kier molecular flexibility index (Phi) is 4.96. The van der Waals surface area contributed by atoms with Crippen LogP contribution >= 0.6 is 15.9 Å². The number of anilines is 1. The monoisotopic (exact) mass is 348 g/mol. The van der Waals surface area contributed by atoms with Crippen molar-refractivity contribution in [3.05, 3.63) is 68.2 Å². The fourth-order valence-electron chi connectivity index (χ4n) is 2.23. The average Bonchev–Trinajstić information content (AvgIpc) is 2.49. The van der Waals surface area contributed by atoms with Crippen LogP contribution in [-0.4, -0.2) is 4.92 Å². The molecule has 2 aromatic carbocycles. The van der Waals surface area contributed by atoms with Crippen LogP contribution < -0.4 is 5.32 Å². The molecule has 1 N–H and O–H groups in total. The van der Waals surface area contributed by atoms with Crippen LogP contribution in [0.1, 0.15) is 30.5 Å². The topological polar surface area (TPSA) is 55.2 Å². The summed E-state index contributed by atoms with van der Waals surface area (Å²) < 4.78 is 1.04. The predicted octanol–water partition coefficient (Wildman–Crippen LogP) is 5.23. The molecule has 0 bridgehead atoms. The summed E-state index contributed by atoms with van der Waals surface area (Å²) in [6, 6.07) is 12.8. The van der Waals surface area contributed by atoms with Crippen LogP contribution in [0.5, 0.6) is 0 Å². The Morgan fingerprint density at radius 1 is 1.29 bits per heavy atom. The zero-order valence-corrected chi connectivity index (χ0v) is 13.6. The van der Waals surface area contributed by atoms with E-state index in [1.165, 1.54) is 6.07 Å². The van der Waals surface area contributed by atoms with Gasteiger partial charge in [0.25, 0.3) is 5.69 Å². The smallest absolute Gasteiger partial charge is 0.269 e. The van der Waals surface area contributed by atoms with Crippen LogP contribution in [0.2, 0.25) is 0 Å². The molecule has 0 heterocycles. The third-order valence-electron chi connectivity index (χ3n) is 3.49. The van der Waals surface area contributed by atoms with E-state index in [0.717, 1.165) is 27.7 Å². The molecule has 2 aromatic rings. The van der Waals surface area contributed by atoms with Crippen molar-refractivity contribution < 1.29 is 4.92 Å². The van der Waals surface area contributed by atoms with E-state index in [9.17, 15) is 10.1 Å². The second-order valence-corrected chi connectivity index (χ2v) is 5.72. The SMILES string of the molecule is CCC(Nc1cccc(Br)c1C)c1cccc([N+](=O)[O-])c1. The summed E-state index contributed by atoms with van der Waals surface area (Å²) >= 11 is 3.52. The van der Waals surface area contributed by atoms with Gasteiger partial charge in [-0.25, -0.2) is 0 Å². The third kappa shape index (κ3) is 3.61. The number of nitrogens with one attached hydrogen (secondary N) is 1. The minimum absolute atomic E-state index is 0.0397. The highest BCUT2D eigenvalue weighted by atomic mass is 79.9. The molecule has 1 atom stereocenters. The Hall–Kier alpha value is -1.88. The second kappa shape index (κ2) is 6.72. The minimum Gasteiger partial charge on any atom is -0.378 e. The first-order valence-electron chi connectivity index (χ1n) is 6.79. The van der Waals surface area contributed by atoms with E-state index in [-0.39, 0.29) is 16.7 Å². The lowest BCUT2D eigenvalue weighted by molar-refractivity contribution is -0.384. The predicted molar refractivity (Wildman–Crippen MR) is 88.6 cm³/mol. The van der Waals surface area contributed by atoms with E-state index in [2.05, 4.69) is 28.2 Å². The number of benzene rings is 2. The van der Waals surface area contributed by atoms with Crippen LogP contribution in [0.3, 0.4) is 0 Å². The largest absolute Gasteiger partial charge is 0.378 e. The summed E-state index contributed by atoms with van der Waals surface area (Å²) in [4.78, 5) is 10.5. The van der Waals surface area contributed by atoms with E-state index < -0.39 is 0 Å². The van der Waals surface area contributed by atoms with E-state index in [1.54, 1.807) is 12.1 Å². The maximum Gasteiger partial charge on any atom is 0.269 e. The molecule has 0 aliphatic carbocycles. The molecule has 5 heteroatoms. The van der Waals surface area contributed by atoms with Gasteiger partial charge in [-0.2, -0.15) is 0 Å². The first-order chi connectivity index (χ1) is 10.0. The molecular formula is C16H17BrN2O2. The van der Waals surface area contributed by atoms with Crippen molar-refractivity contribution in [2.75, 3.05) is 5.32 Å². The summed E-state index contributed by atoms with van der Waals surface area (Å²) in [6.45, 7) is 4.09. The van der Waals surface area contributed by atoms with Gasteiger partial charge in [0, 0.05) is 22.3 Å². The zero-order valence-electron chi connectivity index (χ0n) is 12.0. The summed E-state index contributed by atoms with van der Waals surface area (Å²) in [5.74, 6) is 0. The first-order valence-corrected chi connectivity index (χ1v) is 7.58. The summed E-state index contributed by atoms with van der Waals surface area (Å²) in [6.07, 6.45) is 0.840. The number of hydrogen-bond donors (Lipinski definition) is 1. The summed E-state index contributed by atoms with van der Waals surface area (Å²) in [7, 11) is 0. The number of nitrogens with zero attached hydrogens (tertiary/aromatic N) is 1. The van der Waals surface area contributed by atoms with Crippen LogP contribution in [0, 0.1) is 17.0 Å². The third-order valence-corrected chi connectivity index (χ3v) is 4.35. The molecule has 1 unspecified atom stereocenters. The van der Waals surface area contributed by atoms with Crippen LogP contribution in [-0.2, 0) is 0 Å². The van der Waals surface area contributed by atoms with Gasteiger partial charge in [0.05, 0.1) is 11.0 Å². The average molecular weight is 349 g/mol. The lowest BCUT2D eigenvalue weighted by Gasteiger charge is -2.20. The van der Waals surface area contributed by atoms with Crippen LogP contribution in [0.4, 0.5) is 11.4 Å². The second-order valence-electron chi connectivity index (χ2n) is 4.87. The molecule has 2 rings (SSSR count). The van der Waals surface area contributed by atoms with Gasteiger partial charge >= 0.3 is 0 Å². The maximum absolute atomic E-state index is 10.9. The lowest BCUT2D eigenvalue weighted by Crippen LogP contribution is -2.11. The molecule has 0 fully saturated rings. The Morgan fingerprint density at radius 3 is 2.67 bits per heavy atom. The maximum atomic E-state index is 10.9. The molecule has 0 aliphatic heterocycles. The minimum atomic E-state index is -0.361. The number of halogens is 1. The number of non-ortho nitro benzene ring substituents is 1. The van der Waals surface area contributed by atoms with E-state index in [1.807, 2.05) is 31.2 Å². The van der Waals surface area contributed by atoms with E-state index in [4.69, 9.17) is 0 Å². The molecular weight excluding hydrogens is 332 g/mol. The van der Waals surface area contributed by atoms with Gasteiger partial charge in [-0.15, -0.1) is 0 Å². The number of rotatable bonds is 5. The highest BCUT2D eigenvalue weighted by Crippen LogP contribution is 2.29. The van der Waals surface area contributed by atoms with E-state index >= 15 is 0 Å². The number of hydrogen-bond acceptors (Lipinski definition) is 3. The lowest BCUT2D eigenvalue weighted by atomic mass is 10.0. The van der Waals surface area contributed by atoms with Crippen molar-refractivity contribution in [3.63, 3.8) is 0 Å². The highest BCUT2D eigenvalue weighted by molar-refractivity contribution is 9.10. The normalized spacial score (nSPS) is 12.0. The molecule has 0 aromatic heterocycles. The molecule has 110 valence electrons. The Labute approximate surface area is 132 Å². The molecule has 0 spiro atoms. The van der Waals surface area contributed by atoms with E-state index in [0.29, 0.717) is 0 Å². The molecule has 4 nitrogen and oxygen atoms in total. The molecule has 21 heavy (non-hydrogen) atoms. The van der Waals surface area contributed by atoms with Gasteiger partial charge < -0.3 is 5.32 Å². The quantitative estimate of drug-likeness (QED) is 0.594. The van der Waals surface area contributed by atoms with Gasteiger partial charge in [0.2, 0.25) is 0 Å². The molecule has 0 saturated heterocycles. The first kappa shape index (κ1) is 15.5. The molecule has 0 saturated carbocycles. The Balaban J connectivity index is 2.30. The van der Waals surface area contributed by atoms with Crippen molar-refractivity contribution >= 4 is 27.3 Å². The summed E-state index contributed by atoms with van der Waals surface area (Å²) in [5.41, 5.74) is 3.20. The van der Waals surface area contributed by atoms with Gasteiger partial charge in [-0.1, -0.05) is 41.1 Å². The fraction of sp³-hybridized carbons (Fsp3) is 0.250. The van der Waals surface area contributed by atoms with Gasteiger partial charge in [0.1, 0.15) is 0 Å². The van der Waals surface area contributed by atoms with Crippen molar-refractivity contribution in [2.24, 2.45) is 0 Å². The van der Waals surface area contributed by atoms with Crippen molar-refractivity contribution in [1.29, 1.82) is 0 Å². The summed E-state index contributed by atoms with van der Waals surface area (Å²) in [5, 5.41) is 14.4. The van der Waals surface area contributed by atoms with Gasteiger partial charge in [0.15, 0.2) is 0 Å². The highest BCUT2D eigenvalue weighted by Gasteiger charge is 2.14. The van der Waals surface area contributed by atoms with Crippen LogP contribution in [0.15, 0.2) is 46.9 Å². The number of nitro benzene ring substituents is 1. The Morgan fingerprint density at radius 2 is 2.00 bits per heavy atom. The molecule has 0 radical (unpaired) electrons. The number of nitro groups is 1. The fourth-order valence-corrected chi connectivity index (χ4v) is 2.59. The zero-order chi connectivity index (χ0) is 15.4. The standard InChI is InChI=1S/C16H17BrN2O2/c1-3-15(12-6-4-7-13(10-12)19(20)21)18-16-9-5-8-14(17)11(16)2/h4-10,15,18H,3H2,1-2H3.